The predicted molar refractivity (Wildman–Crippen MR) is 120 cm³/mol. The Morgan fingerprint density at radius 2 is 1.90 bits per heavy atom. The van der Waals surface area contributed by atoms with Crippen LogP contribution in [-0.4, -0.2) is 42.9 Å². The monoisotopic (exact) mass is 441 g/mol. The van der Waals surface area contributed by atoms with Crippen molar-refractivity contribution in [2.24, 2.45) is 5.16 Å². The topological polar surface area (TPSA) is 86.6 Å². The summed E-state index contributed by atoms with van der Waals surface area (Å²) in [5.41, 5.74) is -0.0602. The molecule has 3 rings (SSSR count). The van der Waals surface area contributed by atoms with Crippen molar-refractivity contribution in [2.75, 3.05) is 19.8 Å². The zero-order valence-electron chi connectivity index (χ0n) is 17.0. The number of hydrogen-bond acceptors (Lipinski definition) is 8. The van der Waals surface area contributed by atoms with Crippen LogP contribution in [0.25, 0.3) is 10.8 Å². The van der Waals surface area contributed by atoms with E-state index in [0.717, 1.165) is 22.6 Å². The van der Waals surface area contributed by atoms with Crippen molar-refractivity contribution in [1.82, 2.24) is 0 Å². The lowest BCUT2D eigenvalue weighted by Gasteiger charge is -2.08. The first kappa shape index (κ1) is 22.3. The van der Waals surface area contributed by atoms with E-state index in [2.05, 4.69) is 11.7 Å². The second-order valence-electron chi connectivity index (χ2n) is 6.22. The number of rotatable bonds is 11. The van der Waals surface area contributed by atoms with Gasteiger partial charge in [0.25, 0.3) is 0 Å². The highest BCUT2D eigenvalue weighted by Crippen LogP contribution is 2.26. The molecule has 0 amide bonds. The van der Waals surface area contributed by atoms with Gasteiger partial charge in [-0.1, -0.05) is 53.4 Å². The van der Waals surface area contributed by atoms with E-state index in [-0.39, 0.29) is 12.3 Å². The molecule has 3 aromatic rings. The molecule has 0 aliphatic heterocycles. The summed E-state index contributed by atoms with van der Waals surface area (Å²) < 4.78 is 16.5. The van der Waals surface area contributed by atoms with Crippen molar-refractivity contribution in [2.45, 2.75) is 13.2 Å². The molecule has 0 fully saturated rings. The molecule has 162 valence electrons. The molecule has 7 nitrogen and oxygen atoms in total. The predicted octanol–water partition coefficient (Wildman–Crippen LogP) is 4.15. The van der Waals surface area contributed by atoms with Crippen molar-refractivity contribution in [1.29, 1.82) is 0 Å². The second kappa shape index (κ2) is 11.1. The minimum absolute atomic E-state index is 0.0602. The van der Waals surface area contributed by atoms with Gasteiger partial charge in [0.2, 0.25) is 12.0 Å². The Morgan fingerprint density at radius 1 is 1.13 bits per heavy atom. The van der Waals surface area contributed by atoms with Gasteiger partial charge in [-0.25, -0.2) is 4.79 Å². The number of oxime groups is 1. The van der Waals surface area contributed by atoms with Crippen molar-refractivity contribution in [3.63, 3.8) is 0 Å². The molecule has 0 bridgehead atoms. The minimum atomic E-state index is -1.33. The van der Waals surface area contributed by atoms with E-state index in [9.17, 15) is 9.90 Å². The van der Waals surface area contributed by atoms with Gasteiger partial charge in [-0.3, -0.25) is 0 Å². The van der Waals surface area contributed by atoms with Gasteiger partial charge in [0, 0.05) is 0 Å². The number of benzene rings is 2. The average molecular weight is 442 g/mol. The highest BCUT2D eigenvalue weighted by atomic mass is 32.1. The lowest BCUT2D eigenvalue weighted by Crippen LogP contribution is -2.19. The molecule has 0 aliphatic carbocycles. The summed E-state index contributed by atoms with van der Waals surface area (Å²) in [7, 11) is 0. The number of fused-ring (bicyclic) bond motifs is 1. The summed E-state index contributed by atoms with van der Waals surface area (Å²) in [6, 6.07) is 17.4. The fraction of sp³-hybridized carbons (Fsp3) is 0.217. The Morgan fingerprint density at radius 3 is 2.68 bits per heavy atom. The van der Waals surface area contributed by atoms with Gasteiger partial charge >= 0.3 is 5.97 Å². The van der Waals surface area contributed by atoms with Crippen LogP contribution in [0.2, 0.25) is 0 Å². The van der Waals surface area contributed by atoms with Gasteiger partial charge in [0.1, 0.15) is 19.0 Å². The largest absolute Gasteiger partial charge is 0.490 e. The lowest BCUT2D eigenvalue weighted by atomic mass is 10.1. The summed E-state index contributed by atoms with van der Waals surface area (Å²) in [6.45, 7) is 5.94. The minimum Gasteiger partial charge on any atom is -0.490 e. The molecule has 0 spiro atoms. The van der Waals surface area contributed by atoms with E-state index in [4.69, 9.17) is 19.0 Å². The van der Waals surface area contributed by atoms with Crippen molar-refractivity contribution >= 4 is 33.8 Å². The lowest BCUT2D eigenvalue weighted by molar-refractivity contribution is -0.135. The van der Waals surface area contributed by atoms with Crippen LogP contribution in [0.3, 0.4) is 0 Å². The van der Waals surface area contributed by atoms with Crippen molar-refractivity contribution in [3.8, 4) is 10.8 Å². The van der Waals surface area contributed by atoms with Crippen LogP contribution >= 0.6 is 11.3 Å². The van der Waals surface area contributed by atoms with Crippen LogP contribution in [0.1, 0.15) is 11.8 Å². The van der Waals surface area contributed by atoms with Crippen LogP contribution < -0.4 is 9.47 Å². The Bertz CT molecular complexity index is 1060. The van der Waals surface area contributed by atoms with E-state index >= 15 is 0 Å². The number of carbonyl (C=O) groups is 1. The molecule has 31 heavy (non-hydrogen) atoms. The molecule has 0 aliphatic rings. The first-order valence-electron chi connectivity index (χ1n) is 9.67. The molecular weight excluding hydrogens is 418 g/mol. The molecule has 1 heterocycles. The standard InChI is InChI=1S/C23H23NO6S/c1-3-20(25)30-24-22(23(26)27-4-2)19-11-12-21(31-19)29-14-13-28-18-10-9-16-7-5-6-8-17(16)15-18/h3,5-12,15,20,25H,1,4,13-14H2,2H3. The number of nitrogens with zero attached hydrogens (tertiary/aromatic N) is 1. The summed E-state index contributed by atoms with van der Waals surface area (Å²) in [4.78, 5) is 17.5. The van der Waals surface area contributed by atoms with Gasteiger partial charge in [-0.05, 0) is 48.0 Å². The van der Waals surface area contributed by atoms with Crippen LogP contribution in [0, 0.1) is 0 Å². The number of aliphatic hydroxyl groups excluding tert-OH is 1. The maximum absolute atomic E-state index is 12.2. The molecule has 0 saturated carbocycles. The molecule has 2 aromatic carbocycles. The smallest absolute Gasteiger partial charge is 0.361 e. The van der Waals surface area contributed by atoms with Crippen LogP contribution in [0.15, 0.2) is 72.4 Å². The van der Waals surface area contributed by atoms with Gasteiger partial charge in [0.15, 0.2) is 5.06 Å². The fourth-order valence-corrected chi connectivity index (χ4v) is 3.46. The molecule has 0 saturated heterocycles. The van der Waals surface area contributed by atoms with Crippen LogP contribution in [0.5, 0.6) is 10.8 Å². The molecule has 1 aromatic heterocycles. The maximum atomic E-state index is 12.2. The summed E-state index contributed by atoms with van der Waals surface area (Å²) in [5, 5.41) is 16.0. The van der Waals surface area contributed by atoms with E-state index in [1.807, 2.05) is 42.5 Å². The zero-order chi connectivity index (χ0) is 22.1. The first-order chi connectivity index (χ1) is 15.1. The highest BCUT2D eigenvalue weighted by Gasteiger charge is 2.20. The maximum Gasteiger partial charge on any atom is 0.361 e. The van der Waals surface area contributed by atoms with E-state index < -0.39 is 12.3 Å². The van der Waals surface area contributed by atoms with Gasteiger partial charge in [0.05, 0.1) is 11.5 Å². The average Bonchev–Trinajstić information content (AvgIpc) is 3.25. The molecule has 1 atom stereocenters. The van der Waals surface area contributed by atoms with Crippen LogP contribution in [-0.2, 0) is 14.4 Å². The third-order valence-electron chi connectivity index (χ3n) is 4.05. The quantitative estimate of drug-likeness (QED) is 0.120. The molecule has 0 radical (unpaired) electrons. The summed E-state index contributed by atoms with van der Waals surface area (Å²) in [5.74, 6) is 0.107. The number of ether oxygens (including phenoxy) is 3. The molecule has 1 unspecified atom stereocenters. The van der Waals surface area contributed by atoms with E-state index in [1.54, 1.807) is 19.1 Å². The Labute approximate surface area is 184 Å². The highest BCUT2D eigenvalue weighted by molar-refractivity contribution is 7.16. The Hall–Kier alpha value is -3.36. The fourth-order valence-electron chi connectivity index (χ4n) is 2.62. The normalized spacial score (nSPS) is 12.3. The van der Waals surface area contributed by atoms with Gasteiger partial charge in [-0.2, -0.15) is 0 Å². The number of aliphatic hydroxyl groups is 1. The molecule has 1 N–H and O–H groups in total. The van der Waals surface area contributed by atoms with Crippen LogP contribution in [0.4, 0.5) is 0 Å². The Kier molecular flexibility index (Phi) is 8.03. The Balaban J connectivity index is 1.57. The number of hydrogen-bond donors (Lipinski definition) is 1. The molecule has 8 heteroatoms. The summed E-state index contributed by atoms with van der Waals surface area (Å²) >= 11 is 1.21. The third-order valence-corrected chi connectivity index (χ3v) is 5.06. The summed E-state index contributed by atoms with van der Waals surface area (Å²) in [6.07, 6.45) is -0.183. The first-order valence-corrected chi connectivity index (χ1v) is 10.5. The van der Waals surface area contributed by atoms with Gasteiger partial charge in [-0.15, -0.1) is 0 Å². The zero-order valence-corrected chi connectivity index (χ0v) is 17.8. The SMILES string of the molecule is C=CC(O)ON=C(C(=O)OCC)c1ccc(OCCOc2ccc3ccccc3c2)s1. The third kappa shape index (κ3) is 6.31. The van der Waals surface area contributed by atoms with Crippen molar-refractivity contribution < 1.29 is 28.9 Å². The number of thiophene rings is 1. The van der Waals surface area contributed by atoms with Crippen molar-refractivity contribution in [3.05, 3.63) is 72.1 Å². The van der Waals surface area contributed by atoms with E-state index in [1.165, 1.54) is 11.3 Å². The number of carbonyl (C=O) groups excluding carboxylic acids is 1. The van der Waals surface area contributed by atoms with E-state index in [0.29, 0.717) is 23.2 Å². The second-order valence-corrected chi connectivity index (χ2v) is 7.26. The number of esters is 1. The van der Waals surface area contributed by atoms with Gasteiger partial charge < -0.3 is 24.2 Å². The molecular formula is C23H23NO6S.